The van der Waals surface area contributed by atoms with Gasteiger partial charge in [0.05, 0.1) is 26.2 Å². The van der Waals surface area contributed by atoms with Crippen molar-refractivity contribution in [1.29, 1.82) is 0 Å². The molecule has 0 saturated carbocycles. The number of ether oxygens (including phenoxy) is 2. The van der Waals surface area contributed by atoms with Gasteiger partial charge in [0, 0.05) is 19.6 Å². The summed E-state index contributed by atoms with van der Waals surface area (Å²) in [5.41, 5.74) is 0. The van der Waals surface area contributed by atoms with Gasteiger partial charge in [0.1, 0.15) is 17.9 Å². The van der Waals surface area contributed by atoms with Crippen molar-refractivity contribution in [2.45, 2.75) is 32.7 Å². The Bertz CT molecular complexity index is 363. The molecule has 0 unspecified atom stereocenters. The average Bonchev–Trinajstić information content (AvgIpc) is 2.77. The molecular formula is C12H21N3O3. The van der Waals surface area contributed by atoms with E-state index in [0.29, 0.717) is 38.5 Å². The minimum absolute atomic E-state index is 0.113. The van der Waals surface area contributed by atoms with Gasteiger partial charge in [0.15, 0.2) is 0 Å². The number of nitrogens with zero attached hydrogens (tertiary/aromatic N) is 3. The van der Waals surface area contributed by atoms with Crippen LogP contribution >= 0.6 is 0 Å². The van der Waals surface area contributed by atoms with Crippen LogP contribution in [-0.4, -0.2) is 47.5 Å². The Morgan fingerprint density at radius 3 is 2.83 bits per heavy atom. The third-order valence-electron chi connectivity index (χ3n) is 2.45. The molecule has 1 aromatic rings. The predicted molar refractivity (Wildman–Crippen MR) is 66.4 cm³/mol. The van der Waals surface area contributed by atoms with Gasteiger partial charge >= 0.3 is 0 Å². The smallest absolute Gasteiger partial charge is 0.142 e. The number of aromatic nitrogens is 3. The number of ketones is 1. The molecule has 0 N–H and O–H groups in total. The highest BCUT2D eigenvalue weighted by atomic mass is 16.5. The number of Topliss-reactive ketones (excluding diaryl/α,β-unsaturated/α-hetero) is 1. The van der Waals surface area contributed by atoms with E-state index in [1.54, 1.807) is 11.8 Å². The maximum Gasteiger partial charge on any atom is 0.142 e. The Kier molecular flexibility index (Phi) is 6.53. The summed E-state index contributed by atoms with van der Waals surface area (Å²) in [6.07, 6.45) is 2.19. The van der Waals surface area contributed by atoms with Gasteiger partial charge in [-0.3, -0.25) is 4.79 Å². The minimum atomic E-state index is 0.113. The first-order chi connectivity index (χ1) is 8.65. The second-order valence-corrected chi connectivity index (χ2v) is 4.29. The lowest BCUT2D eigenvalue weighted by molar-refractivity contribution is -0.119. The fourth-order valence-electron chi connectivity index (χ4n) is 1.53. The van der Waals surface area contributed by atoms with Crippen LogP contribution in [0.4, 0.5) is 0 Å². The van der Waals surface area contributed by atoms with Gasteiger partial charge in [-0.15, -0.1) is 0 Å². The molecule has 0 aliphatic rings. The van der Waals surface area contributed by atoms with E-state index >= 15 is 0 Å². The molecule has 0 fully saturated rings. The highest BCUT2D eigenvalue weighted by Gasteiger charge is 2.11. The van der Waals surface area contributed by atoms with E-state index in [4.69, 9.17) is 9.47 Å². The molecule has 6 heteroatoms. The molecule has 0 aliphatic heterocycles. The lowest BCUT2D eigenvalue weighted by Gasteiger charge is -2.08. The number of carbonyl (C=O) groups excluding carboxylic acids is 1. The summed E-state index contributed by atoms with van der Waals surface area (Å²) in [4.78, 5) is 15.8. The quantitative estimate of drug-likeness (QED) is 0.616. The van der Waals surface area contributed by atoms with Crippen LogP contribution < -0.4 is 0 Å². The highest BCUT2D eigenvalue weighted by Crippen LogP contribution is 2.06. The van der Waals surface area contributed by atoms with Crippen molar-refractivity contribution in [1.82, 2.24) is 14.8 Å². The van der Waals surface area contributed by atoms with Crippen LogP contribution in [0.5, 0.6) is 0 Å². The van der Waals surface area contributed by atoms with Gasteiger partial charge in [-0.05, 0) is 13.8 Å². The molecule has 1 heterocycles. The maximum absolute atomic E-state index is 11.7. The fraction of sp³-hybridized carbons (Fsp3) is 0.750. The monoisotopic (exact) mass is 255 g/mol. The zero-order valence-electron chi connectivity index (χ0n) is 11.3. The van der Waals surface area contributed by atoms with E-state index in [9.17, 15) is 4.79 Å². The third-order valence-corrected chi connectivity index (χ3v) is 2.45. The molecule has 0 saturated heterocycles. The highest BCUT2D eigenvalue weighted by molar-refractivity contribution is 5.80. The van der Waals surface area contributed by atoms with E-state index in [-0.39, 0.29) is 11.8 Å². The molecule has 1 aromatic heterocycles. The van der Waals surface area contributed by atoms with E-state index < -0.39 is 0 Å². The zero-order chi connectivity index (χ0) is 13.4. The van der Waals surface area contributed by atoms with E-state index in [1.807, 2.05) is 13.8 Å². The molecule has 102 valence electrons. The Labute approximate surface area is 107 Å². The second kappa shape index (κ2) is 7.94. The van der Waals surface area contributed by atoms with E-state index in [1.165, 1.54) is 6.33 Å². The number of hydrogen-bond donors (Lipinski definition) is 0. The van der Waals surface area contributed by atoms with Crippen LogP contribution in [0.15, 0.2) is 6.33 Å². The first-order valence-corrected chi connectivity index (χ1v) is 6.12. The van der Waals surface area contributed by atoms with Crippen LogP contribution in [0.25, 0.3) is 0 Å². The van der Waals surface area contributed by atoms with Crippen molar-refractivity contribution < 1.29 is 14.3 Å². The fourth-order valence-corrected chi connectivity index (χ4v) is 1.53. The summed E-state index contributed by atoms with van der Waals surface area (Å²) in [7, 11) is 1.62. The summed E-state index contributed by atoms with van der Waals surface area (Å²) in [6, 6.07) is 0.216. The van der Waals surface area contributed by atoms with Crippen molar-refractivity contribution >= 4 is 5.78 Å². The van der Waals surface area contributed by atoms with Crippen LogP contribution in [-0.2, 0) is 20.7 Å². The number of methoxy groups -OCH3 is 1. The van der Waals surface area contributed by atoms with Gasteiger partial charge in [0.2, 0.25) is 0 Å². The molecule has 0 bridgehead atoms. The molecule has 0 amide bonds. The molecule has 0 radical (unpaired) electrons. The predicted octanol–water partition coefficient (Wildman–Crippen LogP) is 1.02. The van der Waals surface area contributed by atoms with E-state index in [2.05, 4.69) is 10.1 Å². The van der Waals surface area contributed by atoms with Crippen molar-refractivity contribution in [3.63, 3.8) is 0 Å². The van der Waals surface area contributed by atoms with E-state index in [0.717, 1.165) is 0 Å². The summed E-state index contributed by atoms with van der Waals surface area (Å²) in [6.45, 7) is 5.52. The van der Waals surface area contributed by atoms with Gasteiger partial charge in [0.25, 0.3) is 0 Å². The summed E-state index contributed by atoms with van der Waals surface area (Å²) in [5, 5.41) is 4.10. The first-order valence-electron chi connectivity index (χ1n) is 6.12. The Balaban J connectivity index is 2.29. The lowest BCUT2D eigenvalue weighted by Crippen LogP contribution is -2.14. The molecule has 6 nitrogen and oxygen atoms in total. The normalized spacial score (nSPS) is 11.1. The van der Waals surface area contributed by atoms with Crippen LogP contribution in [0.3, 0.4) is 0 Å². The van der Waals surface area contributed by atoms with Gasteiger partial charge < -0.3 is 9.47 Å². The molecule has 0 aromatic carbocycles. The largest absolute Gasteiger partial charge is 0.382 e. The van der Waals surface area contributed by atoms with Crippen LogP contribution in [0.1, 0.15) is 32.1 Å². The zero-order valence-corrected chi connectivity index (χ0v) is 11.3. The number of carbonyl (C=O) groups is 1. The molecule has 1 rings (SSSR count). The third kappa shape index (κ3) is 4.93. The van der Waals surface area contributed by atoms with Crippen molar-refractivity contribution in [3.05, 3.63) is 12.2 Å². The standard InChI is InChI=1S/C12H21N3O3/c1-10(2)15-12(13-9-14-15)8-11(16)4-5-18-7-6-17-3/h9-10H,4-8H2,1-3H3. The summed E-state index contributed by atoms with van der Waals surface area (Å²) >= 11 is 0. The molecule has 0 atom stereocenters. The summed E-state index contributed by atoms with van der Waals surface area (Å²) < 4.78 is 11.9. The minimum Gasteiger partial charge on any atom is -0.382 e. The molecular weight excluding hydrogens is 234 g/mol. The van der Waals surface area contributed by atoms with Crippen molar-refractivity contribution in [3.8, 4) is 0 Å². The molecule has 18 heavy (non-hydrogen) atoms. The lowest BCUT2D eigenvalue weighted by atomic mass is 10.2. The van der Waals surface area contributed by atoms with Gasteiger partial charge in [-0.25, -0.2) is 9.67 Å². The Morgan fingerprint density at radius 2 is 2.17 bits per heavy atom. The number of hydrogen-bond acceptors (Lipinski definition) is 5. The average molecular weight is 255 g/mol. The Hall–Kier alpha value is -1.27. The SMILES string of the molecule is COCCOCCC(=O)Cc1ncnn1C(C)C. The second-order valence-electron chi connectivity index (χ2n) is 4.29. The van der Waals surface area contributed by atoms with Crippen molar-refractivity contribution in [2.75, 3.05) is 26.9 Å². The Morgan fingerprint density at radius 1 is 1.39 bits per heavy atom. The first kappa shape index (κ1) is 14.8. The van der Waals surface area contributed by atoms with Gasteiger partial charge in [-0.2, -0.15) is 5.10 Å². The molecule has 0 aliphatic carbocycles. The summed E-state index contributed by atoms with van der Waals surface area (Å²) in [5.74, 6) is 0.828. The van der Waals surface area contributed by atoms with Crippen LogP contribution in [0.2, 0.25) is 0 Å². The maximum atomic E-state index is 11.7. The topological polar surface area (TPSA) is 66.2 Å². The van der Waals surface area contributed by atoms with Crippen LogP contribution in [0, 0.1) is 0 Å². The van der Waals surface area contributed by atoms with Gasteiger partial charge in [-0.1, -0.05) is 0 Å². The molecule has 0 spiro atoms. The van der Waals surface area contributed by atoms with Crippen molar-refractivity contribution in [2.24, 2.45) is 0 Å². The number of rotatable bonds is 9.